The monoisotopic (exact) mass is 330 g/mol. The van der Waals surface area contributed by atoms with Crippen LogP contribution in [0.3, 0.4) is 0 Å². The van der Waals surface area contributed by atoms with E-state index in [-0.39, 0.29) is 23.8 Å². The van der Waals surface area contributed by atoms with Gasteiger partial charge < -0.3 is 15.8 Å². The smallest absolute Gasteiger partial charge is 0.220 e. The van der Waals surface area contributed by atoms with Crippen molar-refractivity contribution in [1.82, 2.24) is 5.32 Å². The molecule has 0 radical (unpaired) electrons. The average molecular weight is 330 g/mol. The maximum Gasteiger partial charge on any atom is 0.220 e. The standard InChI is InChI=1S/C19H23FN2O2/c1-13(21)3-12-18(23)22-19(14-4-8-16(20)9-5-14)15-6-10-17(24-2)11-7-15/h4-11,13,19H,3,12,21H2,1-2H3,(H,22,23). The van der Waals surface area contributed by atoms with E-state index in [0.717, 1.165) is 16.9 Å². The second kappa shape index (κ2) is 8.45. The Hall–Kier alpha value is -2.40. The Morgan fingerprint density at radius 1 is 1.12 bits per heavy atom. The lowest BCUT2D eigenvalue weighted by molar-refractivity contribution is -0.121. The minimum Gasteiger partial charge on any atom is -0.497 e. The number of carbonyl (C=O) groups excluding carboxylic acids is 1. The normalized spacial score (nSPS) is 13.2. The molecule has 2 rings (SSSR count). The molecule has 0 aliphatic carbocycles. The fraction of sp³-hybridized carbons (Fsp3) is 0.316. The number of nitrogens with one attached hydrogen (secondary N) is 1. The molecule has 2 unspecified atom stereocenters. The Morgan fingerprint density at radius 3 is 2.17 bits per heavy atom. The predicted octanol–water partition coefficient (Wildman–Crippen LogP) is 3.17. The van der Waals surface area contributed by atoms with Crippen LogP contribution in [0.15, 0.2) is 48.5 Å². The van der Waals surface area contributed by atoms with Gasteiger partial charge in [0.2, 0.25) is 5.91 Å². The van der Waals surface area contributed by atoms with Gasteiger partial charge in [-0.15, -0.1) is 0 Å². The molecule has 0 aliphatic heterocycles. The minimum atomic E-state index is -0.350. The third-order valence-corrected chi connectivity index (χ3v) is 3.78. The fourth-order valence-corrected chi connectivity index (χ4v) is 2.40. The molecule has 0 aromatic heterocycles. The number of amides is 1. The highest BCUT2D eigenvalue weighted by Gasteiger charge is 2.17. The SMILES string of the molecule is COc1ccc(C(NC(=O)CCC(C)N)c2ccc(F)cc2)cc1. The number of hydrogen-bond acceptors (Lipinski definition) is 3. The Labute approximate surface area is 141 Å². The van der Waals surface area contributed by atoms with E-state index in [1.807, 2.05) is 31.2 Å². The van der Waals surface area contributed by atoms with Crippen LogP contribution in [0, 0.1) is 5.82 Å². The fourth-order valence-electron chi connectivity index (χ4n) is 2.40. The predicted molar refractivity (Wildman–Crippen MR) is 92.3 cm³/mol. The number of ether oxygens (including phenoxy) is 1. The van der Waals surface area contributed by atoms with Crippen molar-refractivity contribution in [1.29, 1.82) is 0 Å². The molecular formula is C19H23FN2O2. The van der Waals surface area contributed by atoms with Gasteiger partial charge in [0.1, 0.15) is 11.6 Å². The first-order chi connectivity index (χ1) is 11.5. The summed E-state index contributed by atoms with van der Waals surface area (Å²) in [5, 5.41) is 3.00. The van der Waals surface area contributed by atoms with Crippen LogP contribution < -0.4 is 15.8 Å². The molecule has 2 atom stereocenters. The summed E-state index contributed by atoms with van der Waals surface area (Å²) < 4.78 is 18.4. The molecule has 2 aromatic carbocycles. The minimum absolute atomic E-state index is 0.0268. The van der Waals surface area contributed by atoms with Gasteiger partial charge in [-0.05, 0) is 48.7 Å². The summed E-state index contributed by atoms with van der Waals surface area (Å²) in [4.78, 5) is 12.2. The van der Waals surface area contributed by atoms with E-state index in [4.69, 9.17) is 10.5 Å². The molecule has 24 heavy (non-hydrogen) atoms. The van der Waals surface area contributed by atoms with Crippen LogP contribution in [0.5, 0.6) is 5.75 Å². The number of rotatable bonds is 7. The molecule has 0 spiro atoms. The number of methoxy groups -OCH3 is 1. The second-order valence-corrected chi connectivity index (χ2v) is 5.84. The lowest BCUT2D eigenvalue weighted by Crippen LogP contribution is -2.30. The van der Waals surface area contributed by atoms with Crippen molar-refractivity contribution in [2.24, 2.45) is 5.73 Å². The average Bonchev–Trinajstić information content (AvgIpc) is 2.59. The highest BCUT2D eigenvalue weighted by Crippen LogP contribution is 2.24. The van der Waals surface area contributed by atoms with Gasteiger partial charge in [0.15, 0.2) is 0 Å². The van der Waals surface area contributed by atoms with E-state index in [1.54, 1.807) is 19.2 Å². The van der Waals surface area contributed by atoms with Crippen LogP contribution in [-0.2, 0) is 4.79 Å². The molecule has 1 amide bonds. The van der Waals surface area contributed by atoms with Crippen molar-refractivity contribution < 1.29 is 13.9 Å². The van der Waals surface area contributed by atoms with E-state index >= 15 is 0 Å². The summed E-state index contributed by atoms with van der Waals surface area (Å²) in [6.07, 6.45) is 0.968. The number of nitrogens with two attached hydrogens (primary N) is 1. The zero-order chi connectivity index (χ0) is 17.5. The van der Waals surface area contributed by atoms with E-state index in [1.165, 1.54) is 12.1 Å². The van der Waals surface area contributed by atoms with Gasteiger partial charge in [-0.25, -0.2) is 4.39 Å². The molecule has 0 aliphatic rings. The Bertz CT molecular complexity index is 654. The van der Waals surface area contributed by atoms with E-state index in [0.29, 0.717) is 12.8 Å². The number of halogens is 1. The van der Waals surface area contributed by atoms with Crippen molar-refractivity contribution in [3.8, 4) is 5.75 Å². The van der Waals surface area contributed by atoms with Crippen LogP contribution in [0.25, 0.3) is 0 Å². The highest BCUT2D eigenvalue weighted by molar-refractivity contribution is 5.77. The van der Waals surface area contributed by atoms with Gasteiger partial charge in [0.05, 0.1) is 13.2 Å². The maximum absolute atomic E-state index is 13.2. The van der Waals surface area contributed by atoms with Crippen LogP contribution in [0.4, 0.5) is 4.39 Å². The van der Waals surface area contributed by atoms with Gasteiger partial charge in [-0.1, -0.05) is 24.3 Å². The van der Waals surface area contributed by atoms with Crippen molar-refractivity contribution >= 4 is 5.91 Å². The second-order valence-electron chi connectivity index (χ2n) is 5.84. The molecule has 0 saturated heterocycles. The summed E-state index contributed by atoms with van der Waals surface area (Å²) in [6, 6.07) is 13.2. The zero-order valence-corrected chi connectivity index (χ0v) is 14.0. The number of carbonyl (C=O) groups is 1. The van der Waals surface area contributed by atoms with Crippen molar-refractivity contribution in [3.63, 3.8) is 0 Å². The molecule has 2 aromatic rings. The van der Waals surface area contributed by atoms with E-state index < -0.39 is 0 Å². The largest absolute Gasteiger partial charge is 0.497 e. The number of hydrogen-bond donors (Lipinski definition) is 2. The quantitative estimate of drug-likeness (QED) is 0.819. The first kappa shape index (κ1) is 17.9. The molecule has 128 valence electrons. The lowest BCUT2D eigenvalue weighted by atomic mass is 9.98. The van der Waals surface area contributed by atoms with Crippen molar-refractivity contribution in [3.05, 3.63) is 65.5 Å². The first-order valence-electron chi connectivity index (χ1n) is 7.94. The molecular weight excluding hydrogens is 307 g/mol. The Kier molecular flexibility index (Phi) is 6.32. The van der Waals surface area contributed by atoms with Crippen molar-refractivity contribution in [2.45, 2.75) is 31.8 Å². The Balaban J connectivity index is 2.23. The number of benzene rings is 2. The summed E-state index contributed by atoms with van der Waals surface area (Å²) in [7, 11) is 1.60. The van der Waals surface area contributed by atoms with Gasteiger partial charge >= 0.3 is 0 Å². The highest BCUT2D eigenvalue weighted by atomic mass is 19.1. The van der Waals surface area contributed by atoms with E-state index in [9.17, 15) is 9.18 Å². The molecule has 0 heterocycles. The zero-order valence-electron chi connectivity index (χ0n) is 14.0. The maximum atomic E-state index is 13.2. The third kappa shape index (κ3) is 5.06. The van der Waals surface area contributed by atoms with Crippen LogP contribution >= 0.6 is 0 Å². The Morgan fingerprint density at radius 2 is 1.67 bits per heavy atom. The van der Waals surface area contributed by atoms with Gasteiger partial charge in [0, 0.05) is 12.5 Å². The van der Waals surface area contributed by atoms with Gasteiger partial charge in [-0.3, -0.25) is 4.79 Å². The summed E-state index contributed by atoms with van der Waals surface area (Å²) in [6.45, 7) is 1.87. The third-order valence-electron chi connectivity index (χ3n) is 3.78. The van der Waals surface area contributed by atoms with Crippen molar-refractivity contribution in [2.75, 3.05) is 7.11 Å². The van der Waals surface area contributed by atoms with E-state index in [2.05, 4.69) is 5.32 Å². The van der Waals surface area contributed by atoms with Gasteiger partial charge in [-0.2, -0.15) is 0 Å². The summed E-state index contributed by atoms with van der Waals surface area (Å²) >= 11 is 0. The topological polar surface area (TPSA) is 64.3 Å². The van der Waals surface area contributed by atoms with Crippen LogP contribution in [0.1, 0.15) is 36.9 Å². The summed E-state index contributed by atoms with van der Waals surface area (Å²) in [5.41, 5.74) is 7.42. The van der Waals surface area contributed by atoms with Crippen LogP contribution in [0.2, 0.25) is 0 Å². The lowest BCUT2D eigenvalue weighted by Gasteiger charge is -2.20. The molecule has 0 bridgehead atoms. The molecule has 4 nitrogen and oxygen atoms in total. The summed E-state index contributed by atoms with van der Waals surface area (Å²) in [5.74, 6) is 0.341. The molecule has 0 fully saturated rings. The molecule has 3 N–H and O–H groups in total. The molecule has 5 heteroatoms. The van der Waals surface area contributed by atoms with Crippen LogP contribution in [-0.4, -0.2) is 19.1 Å². The van der Waals surface area contributed by atoms with Gasteiger partial charge in [0.25, 0.3) is 0 Å². The molecule has 0 saturated carbocycles. The first-order valence-corrected chi connectivity index (χ1v) is 7.94.